The first kappa shape index (κ1) is 9.76. The van der Waals surface area contributed by atoms with E-state index in [0.717, 1.165) is 6.42 Å². The molecule has 0 aromatic heterocycles. The van der Waals surface area contributed by atoms with Crippen LogP contribution < -0.4 is 0 Å². The van der Waals surface area contributed by atoms with Crippen LogP contribution in [-0.4, -0.2) is 5.78 Å². The van der Waals surface area contributed by atoms with E-state index in [2.05, 4.69) is 13.8 Å². The molecule has 12 heavy (non-hydrogen) atoms. The standard InChI is InChI=1S/C11H20O/c1-9(10(2)12)8-11(3)6-4-5-7-11/h9H,4-8H2,1-3H3. The third kappa shape index (κ3) is 2.33. The maximum atomic E-state index is 11.1. The Morgan fingerprint density at radius 2 is 1.92 bits per heavy atom. The van der Waals surface area contributed by atoms with E-state index in [1.807, 2.05) is 0 Å². The van der Waals surface area contributed by atoms with Crippen LogP contribution in [0.1, 0.15) is 52.9 Å². The van der Waals surface area contributed by atoms with Gasteiger partial charge in [0.05, 0.1) is 0 Å². The second-order valence-electron chi connectivity index (χ2n) is 4.73. The Kier molecular flexibility index (Phi) is 2.92. The number of carbonyl (C=O) groups excluding carboxylic acids is 1. The van der Waals surface area contributed by atoms with E-state index >= 15 is 0 Å². The Bertz CT molecular complexity index is 166. The molecule has 0 amide bonds. The Morgan fingerprint density at radius 3 is 2.33 bits per heavy atom. The highest BCUT2D eigenvalue weighted by Crippen LogP contribution is 2.42. The first-order valence-electron chi connectivity index (χ1n) is 5.04. The first-order valence-corrected chi connectivity index (χ1v) is 5.04. The normalized spacial score (nSPS) is 23.9. The highest BCUT2D eigenvalue weighted by Gasteiger charge is 2.31. The molecule has 0 spiro atoms. The fourth-order valence-corrected chi connectivity index (χ4v) is 2.32. The van der Waals surface area contributed by atoms with Crippen molar-refractivity contribution in [1.29, 1.82) is 0 Å². The number of Topliss-reactive ketones (excluding diaryl/α,β-unsaturated/α-hetero) is 1. The lowest BCUT2D eigenvalue weighted by Crippen LogP contribution is -2.19. The summed E-state index contributed by atoms with van der Waals surface area (Å²) in [5, 5.41) is 0. The third-order valence-electron chi connectivity index (χ3n) is 3.30. The van der Waals surface area contributed by atoms with Crippen LogP contribution in [0.15, 0.2) is 0 Å². The molecule has 1 unspecified atom stereocenters. The molecule has 1 fully saturated rings. The fourth-order valence-electron chi connectivity index (χ4n) is 2.32. The molecule has 0 N–H and O–H groups in total. The van der Waals surface area contributed by atoms with E-state index in [1.54, 1.807) is 6.92 Å². The molecule has 1 heteroatoms. The average molecular weight is 168 g/mol. The molecule has 0 radical (unpaired) electrons. The summed E-state index contributed by atoms with van der Waals surface area (Å²) >= 11 is 0. The zero-order chi connectivity index (χ0) is 9.19. The summed E-state index contributed by atoms with van der Waals surface area (Å²) in [5.74, 6) is 0.622. The number of hydrogen-bond donors (Lipinski definition) is 0. The second-order valence-corrected chi connectivity index (χ2v) is 4.73. The Morgan fingerprint density at radius 1 is 1.42 bits per heavy atom. The van der Waals surface area contributed by atoms with E-state index in [4.69, 9.17) is 0 Å². The fraction of sp³-hybridized carbons (Fsp3) is 0.909. The van der Waals surface area contributed by atoms with Crippen molar-refractivity contribution in [2.75, 3.05) is 0 Å². The zero-order valence-corrected chi connectivity index (χ0v) is 8.52. The molecule has 1 aliphatic rings. The number of ketones is 1. The number of carbonyl (C=O) groups is 1. The summed E-state index contributed by atoms with van der Waals surface area (Å²) in [7, 11) is 0. The van der Waals surface area contributed by atoms with Gasteiger partial charge in [0.15, 0.2) is 0 Å². The summed E-state index contributed by atoms with van der Waals surface area (Å²) in [4.78, 5) is 11.1. The summed E-state index contributed by atoms with van der Waals surface area (Å²) in [6.45, 7) is 6.11. The highest BCUT2D eigenvalue weighted by atomic mass is 16.1. The molecule has 1 saturated carbocycles. The van der Waals surface area contributed by atoms with E-state index in [-0.39, 0.29) is 5.92 Å². The summed E-state index contributed by atoms with van der Waals surface area (Å²) in [6.07, 6.45) is 6.47. The molecule has 0 heterocycles. The van der Waals surface area contributed by atoms with Gasteiger partial charge < -0.3 is 0 Å². The van der Waals surface area contributed by atoms with E-state index in [9.17, 15) is 4.79 Å². The van der Waals surface area contributed by atoms with Crippen molar-refractivity contribution in [1.82, 2.24) is 0 Å². The lowest BCUT2D eigenvalue weighted by Gasteiger charge is -2.25. The van der Waals surface area contributed by atoms with Crippen molar-refractivity contribution >= 4 is 5.78 Å². The number of hydrogen-bond acceptors (Lipinski definition) is 1. The Balaban J connectivity index is 2.43. The van der Waals surface area contributed by atoms with E-state index in [0.29, 0.717) is 11.2 Å². The third-order valence-corrected chi connectivity index (χ3v) is 3.30. The van der Waals surface area contributed by atoms with Crippen LogP contribution in [0.4, 0.5) is 0 Å². The van der Waals surface area contributed by atoms with Gasteiger partial charge in [0.1, 0.15) is 5.78 Å². The number of rotatable bonds is 3. The van der Waals surface area contributed by atoms with Crippen LogP contribution in [0.5, 0.6) is 0 Å². The molecule has 0 aromatic carbocycles. The summed E-state index contributed by atoms with van der Waals surface area (Å²) < 4.78 is 0. The van der Waals surface area contributed by atoms with Crippen molar-refractivity contribution in [3.63, 3.8) is 0 Å². The van der Waals surface area contributed by atoms with Gasteiger partial charge in [0.2, 0.25) is 0 Å². The molecular formula is C11H20O. The molecule has 0 saturated heterocycles. The van der Waals surface area contributed by atoms with Crippen molar-refractivity contribution in [2.24, 2.45) is 11.3 Å². The van der Waals surface area contributed by atoms with Gasteiger partial charge in [-0.25, -0.2) is 0 Å². The molecule has 1 atom stereocenters. The van der Waals surface area contributed by atoms with Crippen molar-refractivity contribution < 1.29 is 4.79 Å². The first-order chi connectivity index (χ1) is 5.53. The largest absolute Gasteiger partial charge is 0.300 e. The van der Waals surface area contributed by atoms with E-state index in [1.165, 1.54) is 25.7 Å². The Hall–Kier alpha value is -0.330. The van der Waals surface area contributed by atoms with Gasteiger partial charge in [-0.3, -0.25) is 4.79 Å². The highest BCUT2D eigenvalue weighted by molar-refractivity contribution is 5.77. The molecule has 70 valence electrons. The summed E-state index contributed by atoms with van der Waals surface area (Å²) in [6, 6.07) is 0. The predicted molar refractivity (Wildman–Crippen MR) is 51.0 cm³/mol. The van der Waals surface area contributed by atoms with Gasteiger partial charge >= 0.3 is 0 Å². The minimum Gasteiger partial charge on any atom is -0.300 e. The van der Waals surface area contributed by atoms with Crippen molar-refractivity contribution in [2.45, 2.75) is 52.9 Å². The lowest BCUT2D eigenvalue weighted by molar-refractivity contribution is -0.121. The second kappa shape index (κ2) is 3.59. The molecule has 1 rings (SSSR count). The van der Waals surface area contributed by atoms with Crippen LogP contribution in [0, 0.1) is 11.3 Å². The van der Waals surface area contributed by atoms with Crippen molar-refractivity contribution in [3.05, 3.63) is 0 Å². The van der Waals surface area contributed by atoms with Crippen LogP contribution in [-0.2, 0) is 4.79 Å². The average Bonchev–Trinajstić information content (AvgIpc) is 2.35. The summed E-state index contributed by atoms with van der Waals surface area (Å²) in [5.41, 5.74) is 0.477. The quantitative estimate of drug-likeness (QED) is 0.632. The molecule has 1 aliphatic carbocycles. The zero-order valence-electron chi connectivity index (χ0n) is 8.52. The van der Waals surface area contributed by atoms with Crippen molar-refractivity contribution in [3.8, 4) is 0 Å². The molecule has 0 bridgehead atoms. The molecule has 0 aliphatic heterocycles. The van der Waals surface area contributed by atoms with Gasteiger partial charge in [-0.1, -0.05) is 26.7 Å². The van der Waals surface area contributed by atoms with Crippen LogP contribution in [0.3, 0.4) is 0 Å². The Labute approximate surface area is 75.5 Å². The smallest absolute Gasteiger partial charge is 0.132 e. The molecule has 1 nitrogen and oxygen atoms in total. The maximum Gasteiger partial charge on any atom is 0.132 e. The maximum absolute atomic E-state index is 11.1. The van der Waals surface area contributed by atoms with Crippen LogP contribution in [0.25, 0.3) is 0 Å². The topological polar surface area (TPSA) is 17.1 Å². The van der Waals surface area contributed by atoms with Gasteiger partial charge in [0, 0.05) is 5.92 Å². The van der Waals surface area contributed by atoms with Gasteiger partial charge in [-0.15, -0.1) is 0 Å². The van der Waals surface area contributed by atoms with Gasteiger partial charge in [-0.2, -0.15) is 0 Å². The van der Waals surface area contributed by atoms with E-state index < -0.39 is 0 Å². The monoisotopic (exact) mass is 168 g/mol. The SMILES string of the molecule is CC(=O)C(C)CC1(C)CCCC1. The minimum atomic E-state index is 0.271. The van der Waals surface area contributed by atoms with Crippen LogP contribution >= 0.6 is 0 Å². The van der Waals surface area contributed by atoms with Gasteiger partial charge in [-0.05, 0) is 31.6 Å². The van der Waals surface area contributed by atoms with Gasteiger partial charge in [0.25, 0.3) is 0 Å². The minimum absolute atomic E-state index is 0.271. The predicted octanol–water partition coefficient (Wildman–Crippen LogP) is 3.18. The lowest BCUT2D eigenvalue weighted by atomic mass is 9.79. The molecular weight excluding hydrogens is 148 g/mol. The van der Waals surface area contributed by atoms with Crippen LogP contribution in [0.2, 0.25) is 0 Å². The molecule has 0 aromatic rings.